The van der Waals surface area contributed by atoms with Gasteiger partial charge in [0.2, 0.25) is 0 Å². The van der Waals surface area contributed by atoms with Crippen LogP contribution in [0.4, 0.5) is 0 Å². The van der Waals surface area contributed by atoms with Gasteiger partial charge in [-0.2, -0.15) is 0 Å². The average Bonchev–Trinajstić information content (AvgIpc) is 3.12. The van der Waals surface area contributed by atoms with Crippen molar-refractivity contribution in [3.8, 4) is 12.3 Å². The average molecular weight is 623 g/mol. The minimum atomic E-state index is -1.22. The molecule has 1 N–H and O–H groups in total. The van der Waals surface area contributed by atoms with Crippen molar-refractivity contribution in [2.45, 2.75) is 69.2 Å². The molecule has 7 heteroatoms. The van der Waals surface area contributed by atoms with E-state index in [9.17, 15) is 5.11 Å². The third kappa shape index (κ3) is 8.91. The summed E-state index contributed by atoms with van der Waals surface area (Å²) in [4.78, 5) is 0. The molecule has 1 aliphatic rings. The number of methoxy groups -OCH3 is 1. The normalized spacial score (nSPS) is 22.5. The highest BCUT2D eigenvalue weighted by atomic mass is 16.7. The van der Waals surface area contributed by atoms with Crippen LogP contribution in [0, 0.1) is 12.3 Å². The first-order chi connectivity index (χ1) is 22.6. The van der Waals surface area contributed by atoms with Crippen LogP contribution in [0.1, 0.15) is 28.7 Å². The van der Waals surface area contributed by atoms with Gasteiger partial charge in [0, 0.05) is 13.5 Å². The number of aliphatic hydroxyl groups excluding tert-OH is 1. The van der Waals surface area contributed by atoms with Crippen LogP contribution in [-0.4, -0.2) is 55.1 Å². The van der Waals surface area contributed by atoms with Crippen LogP contribution in [0.15, 0.2) is 121 Å². The molecule has 0 aromatic heterocycles. The van der Waals surface area contributed by atoms with Crippen molar-refractivity contribution in [1.82, 2.24) is 0 Å². The van der Waals surface area contributed by atoms with Gasteiger partial charge in [0.15, 0.2) is 6.29 Å². The van der Waals surface area contributed by atoms with Crippen LogP contribution in [0.5, 0.6) is 0 Å². The molecular weight excluding hydrogens is 580 g/mol. The second-order valence-electron chi connectivity index (χ2n) is 11.3. The summed E-state index contributed by atoms with van der Waals surface area (Å²) in [5, 5.41) is 10.9. The Balaban J connectivity index is 1.55. The summed E-state index contributed by atoms with van der Waals surface area (Å²) in [6, 6.07) is 39.7. The molecule has 1 saturated heterocycles. The minimum absolute atomic E-state index is 0.164. The molecule has 1 fully saturated rings. The number of ether oxygens (including phenoxy) is 6. The lowest BCUT2D eigenvalue weighted by Gasteiger charge is -2.52. The van der Waals surface area contributed by atoms with Gasteiger partial charge in [0.05, 0.1) is 33.0 Å². The minimum Gasteiger partial charge on any atom is -0.378 e. The van der Waals surface area contributed by atoms with Gasteiger partial charge in [0.25, 0.3) is 0 Å². The van der Waals surface area contributed by atoms with E-state index in [4.69, 9.17) is 34.8 Å². The number of terminal acetylenes is 1. The molecule has 7 nitrogen and oxygen atoms in total. The monoisotopic (exact) mass is 622 g/mol. The van der Waals surface area contributed by atoms with Crippen molar-refractivity contribution in [3.63, 3.8) is 0 Å². The quantitative estimate of drug-likeness (QED) is 0.152. The fourth-order valence-electron chi connectivity index (χ4n) is 5.71. The van der Waals surface area contributed by atoms with Crippen LogP contribution < -0.4 is 0 Å². The highest BCUT2D eigenvalue weighted by molar-refractivity contribution is 5.18. The molecular formula is C39H42O7. The highest BCUT2D eigenvalue weighted by Crippen LogP contribution is 2.41. The van der Waals surface area contributed by atoms with E-state index < -0.39 is 36.3 Å². The van der Waals surface area contributed by atoms with Crippen LogP contribution in [0.25, 0.3) is 0 Å². The molecule has 0 unspecified atom stereocenters. The Morgan fingerprint density at radius 1 is 0.761 bits per heavy atom. The van der Waals surface area contributed by atoms with Gasteiger partial charge < -0.3 is 33.5 Å². The molecule has 1 aliphatic heterocycles. The molecule has 1 heterocycles. The summed E-state index contributed by atoms with van der Waals surface area (Å²) in [5.41, 5.74) is 2.73. The largest absolute Gasteiger partial charge is 0.378 e. The topological polar surface area (TPSA) is 75.6 Å². The summed E-state index contributed by atoms with van der Waals surface area (Å²) in [5.74, 6) is 2.43. The third-order valence-corrected chi connectivity index (χ3v) is 8.16. The number of hydrogen-bond acceptors (Lipinski definition) is 7. The fraction of sp³-hybridized carbons (Fsp3) is 0.333. The molecule has 0 saturated carbocycles. The summed E-state index contributed by atoms with van der Waals surface area (Å²) >= 11 is 0. The molecule has 6 atom stereocenters. The second kappa shape index (κ2) is 17.2. The molecule has 4 aromatic rings. The Morgan fingerprint density at radius 2 is 1.26 bits per heavy atom. The predicted molar refractivity (Wildman–Crippen MR) is 175 cm³/mol. The maximum Gasteiger partial charge on any atom is 0.186 e. The molecule has 0 radical (unpaired) electrons. The van der Waals surface area contributed by atoms with Crippen molar-refractivity contribution < 1.29 is 33.5 Å². The zero-order valence-corrected chi connectivity index (χ0v) is 26.2. The lowest BCUT2D eigenvalue weighted by Crippen LogP contribution is -2.68. The lowest BCUT2D eigenvalue weighted by molar-refractivity contribution is -0.343. The van der Waals surface area contributed by atoms with E-state index >= 15 is 0 Å². The molecule has 240 valence electrons. The first-order valence-electron chi connectivity index (χ1n) is 15.5. The molecule has 0 amide bonds. The molecule has 0 bridgehead atoms. The zero-order valence-electron chi connectivity index (χ0n) is 26.2. The third-order valence-electron chi connectivity index (χ3n) is 8.16. The van der Waals surface area contributed by atoms with E-state index in [-0.39, 0.29) is 26.2 Å². The van der Waals surface area contributed by atoms with Crippen LogP contribution in [0.2, 0.25) is 0 Å². The Labute approximate surface area is 272 Å². The summed E-state index contributed by atoms with van der Waals surface area (Å²) in [6.07, 6.45) is 1.44. The van der Waals surface area contributed by atoms with E-state index in [1.54, 1.807) is 7.11 Å². The first-order valence-corrected chi connectivity index (χ1v) is 15.5. The van der Waals surface area contributed by atoms with Crippen molar-refractivity contribution >= 4 is 0 Å². The number of rotatable bonds is 16. The molecule has 4 aromatic carbocycles. The number of hydrogen-bond donors (Lipinski definition) is 1. The van der Waals surface area contributed by atoms with Crippen molar-refractivity contribution in [2.75, 3.05) is 13.7 Å². The maximum absolute atomic E-state index is 10.9. The van der Waals surface area contributed by atoms with Crippen molar-refractivity contribution in [2.24, 2.45) is 0 Å². The maximum atomic E-state index is 10.9. The predicted octanol–water partition coefficient (Wildman–Crippen LogP) is 6.09. The Bertz CT molecular complexity index is 1460. The van der Waals surface area contributed by atoms with Gasteiger partial charge in [-0.1, -0.05) is 127 Å². The van der Waals surface area contributed by atoms with E-state index in [0.29, 0.717) is 13.2 Å². The molecule has 0 spiro atoms. The SMILES string of the molecule is C#C[C@@H](O)[C@@H]1C[C@@](OCc2ccccc2)([C@H](COCc2ccccc2)OCc2ccccc2)[C@@H](OCc2ccccc2)[C@@H](OC)O1. The Hall–Kier alpha value is -3.84. The smallest absolute Gasteiger partial charge is 0.186 e. The highest BCUT2D eigenvalue weighted by Gasteiger charge is 2.58. The van der Waals surface area contributed by atoms with Crippen LogP contribution in [0.3, 0.4) is 0 Å². The Kier molecular flexibility index (Phi) is 12.5. The fourth-order valence-corrected chi connectivity index (χ4v) is 5.71. The second-order valence-corrected chi connectivity index (χ2v) is 11.3. The number of aliphatic hydroxyl groups is 1. The van der Waals surface area contributed by atoms with Gasteiger partial charge in [-0.05, 0) is 22.3 Å². The van der Waals surface area contributed by atoms with Crippen LogP contribution in [-0.2, 0) is 54.8 Å². The Morgan fingerprint density at radius 3 is 1.78 bits per heavy atom. The van der Waals surface area contributed by atoms with Gasteiger partial charge >= 0.3 is 0 Å². The molecule has 5 rings (SSSR count). The van der Waals surface area contributed by atoms with E-state index in [1.807, 2.05) is 121 Å². The molecule has 0 aliphatic carbocycles. The lowest BCUT2D eigenvalue weighted by atomic mass is 9.80. The van der Waals surface area contributed by atoms with E-state index in [2.05, 4.69) is 5.92 Å². The molecule has 46 heavy (non-hydrogen) atoms. The van der Waals surface area contributed by atoms with Gasteiger partial charge in [-0.25, -0.2) is 0 Å². The first kappa shape index (κ1) is 33.5. The van der Waals surface area contributed by atoms with Crippen molar-refractivity contribution in [1.29, 1.82) is 0 Å². The van der Waals surface area contributed by atoms with Crippen LogP contribution >= 0.6 is 0 Å². The summed E-state index contributed by atoms with van der Waals surface area (Å²) in [7, 11) is 1.54. The van der Waals surface area contributed by atoms with Gasteiger partial charge in [-0.15, -0.1) is 6.42 Å². The standard InChI is InChI=1S/C39H42O7/c1-3-34(40)35-24-39(45-28-33-22-14-7-15-23-33,37(38(41-2)46-35)44-27-32-20-12-6-13-21-32)36(43-26-31-18-10-5-11-19-31)29-42-25-30-16-8-4-9-17-30/h1,4-23,34-38,40H,24-29H2,2H3/t34-,35+,36+,37+,38+,39-/m1/s1. The zero-order chi connectivity index (χ0) is 32.0. The van der Waals surface area contributed by atoms with E-state index in [1.165, 1.54) is 0 Å². The van der Waals surface area contributed by atoms with Crippen molar-refractivity contribution in [3.05, 3.63) is 144 Å². The summed E-state index contributed by atoms with van der Waals surface area (Å²) < 4.78 is 39.0. The summed E-state index contributed by atoms with van der Waals surface area (Å²) in [6.45, 7) is 1.34. The van der Waals surface area contributed by atoms with Gasteiger partial charge in [-0.3, -0.25) is 0 Å². The number of benzene rings is 4. The van der Waals surface area contributed by atoms with E-state index in [0.717, 1.165) is 22.3 Å². The van der Waals surface area contributed by atoms with Gasteiger partial charge in [0.1, 0.15) is 30.0 Å².